The van der Waals surface area contributed by atoms with Crippen molar-refractivity contribution in [1.82, 2.24) is 30.7 Å². The fourth-order valence-corrected chi connectivity index (χ4v) is 7.14. The van der Waals surface area contributed by atoms with E-state index in [1.807, 2.05) is 60.7 Å². The summed E-state index contributed by atoms with van der Waals surface area (Å²) in [6.07, 6.45) is 1.34. The first-order valence-corrected chi connectivity index (χ1v) is 18.4. The molecule has 2 saturated carbocycles. The summed E-state index contributed by atoms with van der Waals surface area (Å²) in [4.78, 5) is 84.4. The minimum atomic E-state index is -2.94. The number of aliphatic carboxylic acids is 1. The number of piperidine rings is 2. The van der Waals surface area contributed by atoms with Gasteiger partial charge in [-0.3, -0.25) is 29.5 Å². The normalized spacial score (nSPS) is 27.0. The molecular formula is C37H43F4N7O9. The van der Waals surface area contributed by atoms with Crippen molar-refractivity contribution >= 4 is 35.6 Å². The largest absolute Gasteiger partial charge is 0.480 e. The molecule has 8 rings (SSSR count). The smallest absolute Gasteiger partial charge is 0.345 e. The number of hydrogen-bond donors (Lipinski definition) is 4. The van der Waals surface area contributed by atoms with Gasteiger partial charge in [0.25, 0.3) is 11.8 Å². The van der Waals surface area contributed by atoms with Crippen molar-refractivity contribution in [3.05, 3.63) is 71.8 Å². The van der Waals surface area contributed by atoms with E-state index in [1.165, 1.54) is 19.9 Å². The average molecular weight is 806 g/mol. The first-order valence-electron chi connectivity index (χ1n) is 18.4. The lowest BCUT2D eigenvalue weighted by molar-refractivity contribution is -0.143. The Morgan fingerprint density at radius 2 is 1.14 bits per heavy atom. The Bertz CT molecular complexity index is 1830. The maximum Gasteiger partial charge on any atom is 0.345 e. The quantitative estimate of drug-likeness (QED) is 0.107. The molecule has 2 aliphatic carbocycles. The van der Waals surface area contributed by atoms with Crippen LogP contribution in [0.2, 0.25) is 0 Å². The molecule has 6 atom stereocenters. The van der Waals surface area contributed by atoms with Crippen molar-refractivity contribution < 1.29 is 61.1 Å². The number of fused-ring (bicyclic) bond motifs is 4. The monoisotopic (exact) mass is 805 g/mol. The van der Waals surface area contributed by atoms with Crippen LogP contribution in [-0.2, 0) is 42.1 Å². The molecule has 0 aromatic heterocycles. The second-order valence-corrected chi connectivity index (χ2v) is 14.6. The van der Waals surface area contributed by atoms with Gasteiger partial charge in [-0.1, -0.05) is 60.7 Å². The standard InChI is InChI=1S/C19H21F2N3O4.C14H16N2O4.C4H6F2N2O/c20-19(21)8-14(19)16(25)9-22-17(26)15-7-6-13-10-23(15)18(27)24(13)28-11-12-4-2-1-3-5-12;17-13(18)12-7-6-11-8-15(12)14(19)16(11)20-9-10-4-2-1-3-5-10;5-4(6)1-2(4)3(9)8-7/h1-5,13-15H,6-11H2,(H,22,26);1-5,11-12H,6-9H2,(H,17,18);2H,1,7H2,(H,8,9)/t13-,14?,15+;11-,12+;/m11./s1. The number of nitrogens with two attached hydrogens (primary N) is 1. The van der Waals surface area contributed by atoms with E-state index in [9.17, 15) is 46.3 Å². The zero-order chi connectivity index (χ0) is 41.1. The number of Topliss-reactive ketones (excluding diaryl/α,β-unsaturated/α-hetero) is 1. The van der Waals surface area contributed by atoms with Gasteiger partial charge >= 0.3 is 18.0 Å². The molecule has 4 bridgehead atoms. The van der Waals surface area contributed by atoms with Gasteiger partial charge in [0.15, 0.2) is 5.78 Å². The highest BCUT2D eigenvalue weighted by molar-refractivity contribution is 5.93. The molecule has 2 aromatic rings. The number of amides is 6. The summed E-state index contributed by atoms with van der Waals surface area (Å²) in [5, 5.41) is 14.2. The van der Waals surface area contributed by atoms with Crippen molar-refractivity contribution in [1.29, 1.82) is 0 Å². The van der Waals surface area contributed by atoms with E-state index >= 15 is 0 Å². The molecule has 0 spiro atoms. The lowest BCUT2D eigenvalue weighted by atomic mass is 10.0. The number of carbonyl (C=O) groups is 6. The number of urea groups is 2. The number of ketones is 1. The SMILES string of the molecule is NNC(=O)C1CC1(F)F.O=C(CNC(=O)[C@@H]1CC[C@@H]2CN1C(=O)N2OCc1ccccc1)C1CC1(F)F.O=C(O)[C@@H]1CC[C@@H]2CN1C(=O)N2OCc1ccccc1. The Kier molecular flexibility index (Phi) is 12.3. The Morgan fingerprint density at radius 3 is 1.54 bits per heavy atom. The third-order valence-electron chi connectivity index (χ3n) is 10.6. The van der Waals surface area contributed by atoms with Crippen LogP contribution >= 0.6 is 0 Å². The zero-order valence-corrected chi connectivity index (χ0v) is 30.6. The van der Waals surface area contributed by atoms with E-state index in [-0.39, 0.29) is 31.1 Å². The number of benzene rings is 2. The summed E-state index contributed by atoms with van der Waals surface area (Å²) in [6.45, 7) is 0.923. The van der Waals surface area contributed by atoms with Gasteiger partial charge in [-0.2, -0.15) is 10.1 Å². The number of hydroxylamine groups is 4. The first-order chi connectivity index (χ1) is 27.1. The molecule has 6 amide bonds. The Labute approximate surface area is 324 Å². The highest BCUT2D eigenvalue weighted by Crippen LogP contribution is 2.49. The first kappa shape index (κ1) is 41.3. The number of nitrogens with zero attached hydrogens (tertiary/aromatic N) is 4. The third kappa shape index (κ3) is 9.62. The molecule has 20 heteroatoms. The molecular weight excluding hydrogens is 762 g/mol. The van der Waals surface area contributed by atoms with Crippen LogP contribution in [0.1, 0.15) is 49.7 Å². The Hall–Kier alpha value is -5.34. The summed E-state index contributed by atoms with van der Waals surface area (Å²) >= 11 is 0. The van der Waals surface area contributed by atoms with Crippen LogP contribution in [0.15, 0.2) is 60.7 Å². The molecule has 2 unspecified atom stereocenters. The number of alkyl halides is 4. The molecule has 57 heavy (non-hydrogen) atoms. The molecule has 4 saturated heterocycles. The van der Waals surface area contributed by atoms with Gasteiger partial charge in [0.05, 0.1) is 24.5 Å². The van der Waals surface area contributed by atoms with Gasteiger partial charge in [-0.05, 0) is 36.8 Å². The van der Waals surface area contributed by atoms with Crippen molar-refractivity contribution in [2.75, 3.05) is 19.6 Å². The van der Waals surface area contributed by atoms with Crippen molar-refractivity contribution in [3.8, 4) is 0 Å². The van der Waals surface area contributed by atoms with Gasteiger partial charge in [0.1, 0.15) is 31.2 Å². The topological polar surface area (TPSA) is 204 Å². The summed E-state index contributed by atoms with van der Waals surface area (Å²) in [5.41, 5.74) is 3.57. The zero-order valence-electron chi connectivity index (χ0n) is 30.6. The van der Waals surface area contributed by atoms with Crippen LogP contribution in [0.25, 0.3) is 0 Å². The Balaban J connectivity index is 0.000000164. The lowest BCUT2D eigenvalue weighted by Crippen LogP contribution is -2.50. The molecule has 4 aliphatic heterocycles. The van der Waals surface area contributed by atoms with Crippen LogP contribution in [0.4, 0.5) is 27.2 Å². The number of halogens is 4. The lowest BCUT2D eigenvalue weighted by Gasteiger charge is -2.29. The molecule has 0 radical (unpaired) electrons. The predicted octanol–water partition coefficient (Wildman–Crippen LogP) is 2.83. The third-order valence-corrected chi connectivity index (χ3v) is 10.6. The van der Waals surface area contributed by atoms with Crippen molar-refractivity contribution in [3.63, 3.8) is 0 Å². The fraction of sp³-hybridized carbons (Fsp3) is 0.514. The summed E-state index contributed by atoms with van der Waals surface area (Å²) in [5.74, 6) is -6.50. The van der Waals surface area contributed by atoms with Crippen molar-refractivity contribution in [2.45, 2.75) is 87.8 Å². The van der Waals surface area contributed by atoms with E-state index in [1.54, 1.807) is 5.43 Å². The van der Waals surface area contributed by atoms with Crippen LogP contribution in [0.3, 0.4) is 0 Å². The second kappa shape index (κ2) is 17.0. The van der Waals surface area contributed by atoms with Gasteiger partial charge in [-0.15, -0.1) is 0 Å². The van der Waals surface area contributed by atoms with Gasteiger partial charge < -0.3 is 20.2 Å². The number of hydrazine groups is 1. The van der Waals surface area contributed by atoms with Gasteiger partial charge in [0, 0.05) is 25.9 Å². The van der Waals surface area contributed by atoms with Crippen LogP contribution < -0.4 is 16.6 Å². The highest BCUT2D eigenvalue weighted by atomic mass is 19.3. The van der Waals surface area contributed by atoms with E-state index in [0.29, 0.717) is 45.4 Å². The molecule has 4 heterocycles. The molecule has 308 valence electrons. The highest BCUT2D eigenvalue weighted by Gasteiger charge is 2.61. The van der Waals surface area contributed by atoms with E-state index in [2.05, 4.69) is 11.2 Å². The molecule has 6 aliphatic rings. The molecule has 5 N–H and O–H groups in total. The summed E-state index contributed by atoms with van der Waals surface area (Å²) in [6, 6.07) is 16.7. The summed E-state index contributed by atoms with van der Waals surface area (Å²) < 4.78 is 49.7. The van der Waals surface area contributed by atoms with Gasteiger partial charge in [-0.25, -0.2) is 37.8 Å². The number of nitrogens with one attached hydrogen (secondary N) is 2. The maximum absolute atomic E-state index is 12.9. The molecule has 16 nitrogen and oxygen atoms in total. The number of carbonyl (C=O) groups excluding carboxylic acids is 5. The minimum Gasteiger partial charge on any atom is -0.480 e. The number of rotatable bonds is 12. The Morgan fingerprint density at radius 1 is 0.702 bits per heavy atom. The average Bonchev–Trinajstić information content (AvgIpc) is 4.01. The van der Waals surface area contributed by atoms with E-state index in [0.717, 1.165) is 11.1 Å². The maximum atomic E-state index is 12.9. The van der Waals surface area contributed by atoms with E-state index in [4.69, 9.17) is 14.8 Å². The van der Waals surface area contributed by atoms with E-state index < -0.39 is 78.3 Å². The van der Waals surface area contributed by atoms with Crippen molar-refractivity contribution in [2.24, 2.45) is 17.7 Å². The van der Waals surface area contributed by atoms with Crippen LogP contribution in [0, 0.1) is 11.8 Å². The minimum absolute atomic E-state index is 0.0400. The number of carboxylic acids is 1. The predicted molar refractivity (Wildman–Crippen MR) is 188 cm³/mol. The molecule has 2 aromatic carbocycles. The molecule has 6 fully saturated rings. The number of carboxylic acid groups (broad SMARTS) is 1. The van der Waals surface area contributed by atoms with Crippen LogP contribution in [0.5, 0.6) is 0 Å². The fourth-order valence-electron chi connectivity index (χ4n) is 7.14. The van der Waals surface area contributed by atoms with Crippen LogP contribution in [-0.4, -0.2) is 116 Å². The van der Waals surface area contributed by atoms with Gasteiger partial charge in [0.2, 0.25) is 11.8 Å². The number of hydrogen-bond acceptors (Lipinski definition) is 9. The second-order valence-electron chi connectivity index (χ2n) is 14.6. The summed E-state index contributed by atoms with van der Waals surface area (Å²) in [7, 11) is 0.